The molecule has 132 valence electrons. The van der Waals surface area contributed by atoms with Gasteiger partial charge in [0, 0.05) is 16.9 Å². The summed E-state index contributed by atoms with van der Waals surface area (Å²) in [5, 5.41) is 15.4. The lowest BCUT2D eigenvalue weighted by atomic mass is 10.00. The lowest BCUT2D eigenvalue weighted by molar-refractivity contribution is -0.110. The van der Waals surface area contributed by atoms with Gasteiger partial charge in [-0.15, -0.1) is 0 Å². The van der Waals surface area contributed by atoms with Crippen molar-refractivity contribution in [3.05, 3.63) is 95.6 Å². The first-order valence-corrected chi connectivity index (χ1v) is 8.44. The molecule has 0 saturated heterocycles. The molecule has 4 rings (SSSR count). The number of carboxylic acids is 1. The molecule has 3 aromatic rings. The van der Waals surface area contributed by atoms with Crippen LogP contribution in [0, 0.1) is 0 Å². The number of anilines is 2. The van der Waals surface area contributed by atoms with E-state index in [4.69, 9.17) is 0 Å². The molecular formula is C22H16N2O3. The smallest absolute Gasteiger partial charge is 0.335 e. The number of fused-ring (bicyclic) bond motifs is 1. The fourth-order valence-electron chi connectivity index (χ4n) is 3.12. The molecular weight excluding hydrogens is 340 g/mol. The predicted octanol–water partition coefficient (Wildman–Crippen LogP) is 4.32. The Morgan fingerprint density at radius 3 is 2.33 bits per heavy atom. The summed E-state index contributed by atoms with van der Waals surface area (Å²) in [6.07, 6.45) is 0. The van der Waals surface area contributed by atoms with E-state index in [0.717, 1.165) is 16.8 Å². The highest BCUT2D eigenvalue weighted by molar-refractivity contribution is 6.37. The zero-order valence-electron chi connectivity index (χ0n) is 14.3. The van der Waals surface area contributed by atoms with E-state index in [0.29, 0.717) is 17.0 Å². The number of carboxylic acid groups (broad SMARTS) is 1. The second kappa shape index (κ2) is 6.80. The number of benzene rings is 3. The van der Waals surface area contributed by atoms with Crippen LogP contribution in [0.2, 0.25) is 0 Å². The van der Waals surface area contributed by atoms with Crippen molar-refractivity contribution in [1.82, 2.24) is 0 Å². The predicted molar refractivity (Wildman–Crippen MR) is 105 cm³/mol. The van der Waals surface area contributed by atoms with Gasteiger partial charge in [0.25, 0.3) is 5.91 Å². The van der Waals surface area contributed by atoms with Gasteiger partial charge in [0.2, 0.25) is 0 Å². The SMILES string of the molecule is O=C1Nc2ccccc2C1=C(Nc1cccc(C(=O)O)c1)c1ccccc1. The minimum Gasteiger partial charge on any atom is -0.478 e. The Balaban J connectivity index is 1.88. The molecule has 0 radical (unpaired) electrons. The van der Waals surface area contributed by atoms with Gasteiger partial charge in [-0.3, -0.25) is 4.79 Å². The maximum Gasteiger partial charge on any atom is 0.335 e. The van der Waals surface area contributed by atoms with Gasteiger partial charge in [-0.25, -0.2) is 4.79 Å². The molecule has 0 fully saturated rings. The fraction of sp³-hybridized carbons (Fsp3) is 0. The lowest BCUT2D eigenvalue weighted by Crippen LogP contribution is -2.10. The highest BCUT2D eigenvalue weighted by Gasteiger charge is 2.28. The number of carbonyl (C=O) groups is 2. The second-order valence-corrected chi connectivity index (χ2v) is 6.13. The third kappa shape index (κ3) is 3.18. The Morgan fingerprint density at radius 2 is 1.56 bits per heavy atom. The number of hydrogen-bond acceptors (Lipinski definition) is 3. The van der Waals surface area contributed by atoms with E-state index >= 15 is 0 Å². The maximum atomic E-state index is 12.7. The third-order valence-electron chi connectivity index (χ3n) is 4.36. The van der Waals surface area contributed by atoms with Crippen LogP contribution in [-0.4, -0.2) is 17.0 Å². The first-order valence-electron chi connectivity index (χ1n) is 8.44. The molecule has 0 aliphatic carbocycles. The Hall–Kier alpha value is -3.86. The van der Waals surface area contributed by atoms with E-state index in [-0.39, 0.29) is 11.5 Å². The molecule has 5 heteroatoms. The number of rotatable bonds is 4. The van der Waals surface area contributed by atoms with Crippen LogP contribution in [0.3, 0.4) is 0 Å². The maximum absolute atomic E-state index is 12.7. The van der Waals surface area contributed by atoms with Crippen LogP contribution in [0.4, 0.5) is 11.4 Å². The average Bonchev–Trinajstić information content (AvgIpc) is 3.02. The van der Waals surface area contributed by atoms with Crippen LogP contribution in [-0.2, 0) is 4.79 Å². The van der Waals surface area contributed by atoms with Crippen molar-refractivity contribution >= 4 is 34.5 Å². The van der Waals surface area contributed by atoms with Gasteiger partial charge in [-0.1, -0.05) is 54.6 Å². The standard InChI is InChI=1S/C22H16N2O3/c25-21-19(17-11-4-5-12-18(17)24-21)20(14-7-2-1-3-8-14)23-16-10-6-9-15(13-16)22(26)27/h1-13,23H,(H,24,25)(H,26,27). The van der Waals surface area contributed by atoms with Crippen LogP contribution in [0.1, 0.15) is 21.5 Å². The quantitative estimate of drug-likeness (QED) is 0.609. The fourth-order valence-corrected chi connectivity index (χ4v) is 3.12. The first kappa shape index (κ1) is 16.6. The molecule has 0 spiro atoms. The van der Waals surface area contributed by atoms with Gasteiger partial charge in [0.05, 0.1) is 16.8 Å². The van der Waals surface area contributed by atoms with Crippen molar-refractivity contribution in [2.75, 3.05) is 10.6 Å². The van der Waals surface area contributed by atoms with Gasteiger partial charge in [-0.05, 0) is 29.8 Å². The average molecular weight is 356 g/mol. The molecule has 0 saturated carbocycles. The molecule has 1 aliphatic heterocycles. The molecule has 27 heavy (non-hydrogen) atoms. The topological polar surface area (TPSA) is 78.4 Å². The number of carbonyl (C=O) groups excluding carboxylic acids is 1. The minimum absolute atomic E-state index is 0.175. The van der Waals surface area contributed by atoms with Crippen molar-refractivity contribution in [3.63, 3.8) is 0 Å². The summed E-state index contributed by atoms with van der Waals surface area (Å²) in [7, 11) is 0. The molecule has 0 atom stereocenters. The van der Waals surface area contributed by atoms with Crippen LogP contribution < -0.4 is 10.6 Å². The summed E-state index contributed by atoms with van der Waals surface area (Å²) in [6, 6.07) is 23.5. The highest BCUT2D eigenvalue weighted by atomic mass is 16.4. The van der Waals surface area contributed by atoms with Gasteiger partial charge in [-0.2, -0.15) is 0 Å². The van der Waals surface area contributed by atoms with Crippen molar-refractivity contribution in [1.29, 1.82) is 0 Å². The largest absolute Gasteiger partial charge is 0.478 e. The summed E-state index contributed by atoms with van der Waals surface area (Å²) >= 11 is 0. The van der Waals surface area contributed by atoms with Crippen LogP contribution >= 0.6 is 0 Å². The summed E-state index contributed by atoms with van der Waals surface area (Å²) in [5.41, 5.74) is 4.32. The number of para-hydroxylation sites is 1. The number of amides is 1. The Bertz CT molecular complexity index is 1070. The molecule has 5 nitrogen and oxygen atoms in total. The molecule has 0 aromatic heterocycles. The van der Waals surface area contributed by atoms with Crippen molar-refractivity contribution < 1.29 is 14.7 Å². The Morgan fingerprint density at radius 1 is 0.852 bits per heavy atom. The Kier molecular flexibility index (Phi) is 4.18. The van der Waals surface area contributed by atoms with Gasteiger partial charge in [0.1, 0.15) is 0 Å². The molecule has 1 aliphatic rings. The summed E-state index contributed by atoms with van der Waals surface area (Å²) < 4.78 is 0. The number of hydrogen-bond donors (Lipinski definition) is 3. The second-order valence-electron chi connectivity index (χ2n) is 6.13. The normalized spacial score (nSPS) is 14.3. The van der Waals surface area contributed by atoms with E-state index in [1.54, 1.807) is 18.2 Å². The molecule has 0 bridgehead atoms. The van der Waals surface area contributed by atoms with E-state index < -0.39 is 5.97 Å². The van der Waals surface area contributed by atoms with Crippen molar-refractivity contribution in [3.8, 4) is 0 Å². The summed E-state index contributed by atoms with van der Waals surface area (Å²) in [6.45, 7) is 0. The lowest BCUT2D eigenvalue weighted by Gasteiger charge is -2.15. The third-order valence-corrected chi connectivity index (χ3v) is 4.36. The minimum atomic E-state index is -1.00. The molecule has 3 N–H and O–H groups in total. The summed E-state index contributed by atoms with van der Waals surface area (Å²) in [5.74, 6) is -1.20. The molecule has 0 unspecified atom stereocenters. The zero-order chi connectivity index (χ0) is 18.8. The number of aromatic carboxylic acids is 1. The first-order chi connectivity index (χ1) is 13.1. The van der Waals surface area contributed by atoms with E-state index in [2.05, 4.69) is 10.6 Å². The number of nitrogens with one attached hydrogen (secondary N) is 2. The van der Waals surface area contributed by atoms with Gasteiger partial charge >= 0.3 is 5.97 Å². The monoisotopic (exact) mass is 356 g/mol. The highest BCUT2D eigenvalue weighted by Crippen LogP contribution is 2.37. The van der Waals surface area contributed by atoms with E-state index in [1.807, 2.05) is 54.6 Å². The van der Waals surface area contributed by atoms with E-state index in [9.17, 15) is 14.7 Å². The van der Waals surface area contributed by atoms with Crippen molar-refractivity contribution in [2.45, 2.75) is 0 Å². The Labute approximate surface area is 156 Å². The zero-order valence-corrected chi connectivity index (χ0v) is 14.3. The molecule has 1 heterocycles. The van der Waals surface area contributed by atoms with E-state index in [1.165, 1.54) is 6.07 Å². The van der Waals surface area contributed by atoms with Gasteiger partial charge in [0.15, 0.2) is 0 Å². The van der Waals surface area contributed by atoms with Gasteiger partial charge < -0.3 is 15.7 Å². The molecule has 1 amide bonds. The van der Waals surface area contributed by atoms with Crippen LogP contribution in [0.5, 0.6) is 0 Å². The van der Waals surface area contributed by atoms with Crippen molar-refractivity contribution in [2.24, 2.45) is 0 Å². The summed E-state index contributed by atoms with van der Waals surface area (Å²) in [4.78, 5) is 24.0. The van der Waals surface area contributed by atoms with Crippen LogP contribution in [0.25, 0.3) is 11.3 Å². The molecule has 3 aromatic carbocycles. The van der Waals surface area contributed by atoms with Crippen LogP contribution in [0.15, 0.2) is 78.9 Å².